The summed E-state index contributed by atoms with van der Waals surface area (Å²) in [6.07, 6.45) is 0. The molecule has 28 heavy (non-hydrogen) atoms. The van der Waals surface area contributed by atoms with Crippen LogP contribution in [0.3, 0.4) is 0 Å². The number of halogens is 1. The van der Waals surface area contributed by atoms with Gasteiger partial charge in [-0.1, -0.05) is 35.9 Å². The molecular formula is C21H13ClN2O4. The maximum atomic E-state index is 13.1. The molecule has 1 aliphatic carbocycles. The average molecular weight is 393 g/mol. The minimum atomic E-state index is -1.18. The lowest BCUT2D eigenvalue weighted by molar-refractivity contribution is 0.0697. The van der Waals surface area contributed by atoms with E-state index in [-0.39, 0.29) is 50.2 Å². The molecule has 138 valence electrons. The number of rotatable bonds is 3. The summed E-state index contributed by atoms with van der Waals surface area (Å²) in [4.78, 5) is 37.6. The van der Waals surface area contributed by atoms with Gasteiger partial charge in [0.05, 0.1) is 28.1 Å². The van der Waals surface area contributed by atoms with E-state index < -0.39 is 5.97 Å². The van der Waals surface area contributed by atoms with Gasteiger partial charge in [0, 0.05) is 21.8 Å². The molecule has 3 aromatic rings. The zero-order chi connectivity index (χ0) is 20.0. The van der Waals surface area contributed by atoms with Gasteiger partial charge in [-0.25, -0.2) is 4.79 Å². The molecule has 0 saturated heterocycles. The summed E-state index contributed by atoms with van der Waals surface area (Å²) in [5.41, 5.74) is 7.46. The summed E-state index contributed by atoms with van der Waals surface area (Å²) in [7, 11) is 0. The van der Waals surface area contributed by atoms with Gasteiger partial charge in [0.15, 0.2) is 11.6 Å². The third kappa shape index (κ3) is 2.71. The third-order valence-electron chi connectivity index (χ3n) is 4.59. The number of benzene rings is 3. The molecule has 0 amide bonds. The van der Waals surface area contributed by atoms with Crippen LogP contribution in [0.25, 0.3) is 0 Å². The number of aromatic carboxylic acids is 1. The summed E-state index contributed by atoms with van der Waals surface area (Å²) in [5.74, 6) is -1.88. The number of carboxylic acid groups (broad SMARTS) is 1. The van der Waals surface area contributed by atoms with Crippen molar-refractivity contribution in [3.8, 4) is 0 Å². The van der Waals surface area contributed by atoms with Crippen LogP contribution in [-0.4, -0.2) is 22.6 Å². The normalized spacial score (nSPS) is 12.3. The second kappa shape index (κ2) is 6.51. The Labute approximate surface area is 164 Å². The monoisotopic (exact) mass is 392 g/mol. The molecule has 1 aliphatic rings. The van der Waals surface area contributed by atoms with Gasteiger partial charge in [-0.2, -0.15) is 0 Å². The Morgan fingerprint density at radius 2 is 1.50 bits per heavy atom. The molecule has 4 N–H and O–H groups in total. The van der Waals surface area contributed by atoms with Crippen molar-refractivity contribution in [3.05, 3.63) is 87.4 Å². The van der Waals surface area contributed by atoms with Crippen LogP contribution < -0.4 is 11.1 Å². The molecule has 4 rings (SSSR count). The van der Waals surface area contributed by atoms with Crippen LogP contribution in [-0.2, 0) is 0 Å². The predicted octanol–water partition coefficient (Wildman–Crippen LogP) is 4.14. The van der Waals surface area contributed by atoms with Crippen LogP contribution in [0.4, 0.5) is 17.1 Å². The topological polar surface area (TPSA) is 109 Å². The highest BCUT2D eigenvalue weighted by molar-refractivity contribution is 6.32. The largest absolute Gasteiger partial charge is 0.478 e. The maximum absolute atomic E-state index is 13.1. The first kappa shape index (κ1) is 17.8. The predicted molar refractivity (Wildman–Crippen MR) is 106 cm³/mol. The second-order valence-electron chi connectivity index (χ2n) is 6.28. The lowest BCUT2D eigenvalue weighted by Gasteiger charge is -2.22. The number of hydrogen-bond donors (Lipinski definition) is 3. The number of nitrogen functional groups attached to an aromatic ring is 1. The van der Waals surface area contributed by atoms with Crippen molar-refractivity contribution in [2.75, 3.05) is 11.1 Å². The summed E-state index contributed by atoms with van der Waals surface area (Å²) in [5, 5.41) is 12.7. The van der Waals surface area contributed by atoms with Crippen molar-refractivity contribution in [2.45, 2.75) is 0 Å². The number of carbonyl (C=O) groups excluding carboxylic acids is 2. The lowest BCUT2D eigenvalue weighted by atomic mass is 9.82. The Bertz CT molecular complexity index is 1190. The SMILES string of the molecule is Nc1ccc(Nc2ccc(Cl)cc2C(=O)O)c2c1C(=O)c1ccccc1C2=O. The van der Waals surface area contributed by atoms with E-state index in [0.717, 1.165) is 0 Å². The molecule has 0 aliphatic heterocycles. The zero-order valence-electron chi connectivity index (χ0n) is 14.3. The van der Waals surface area contributed by atoms with Crippen LogP contribution in [0.1, 0.15) is 42.2 Å². The van der Waals surface area contributed by atoms with Crippen LogP contribution in [0.2, 0.25) is 5.02 Å². The van der Waals surface area contributed by atoms with E-state index in [1.807, 2.05) is 0 Å². The fraction of sp³-hybridized carbons (Fsp3) is 0. The van der Waals surface area contributed by atoms with Crippen LogP contribution in [0, 0.1) is 0 Å². The fourth-order valence-electron chi connectivity index (χ4n) is 3.30. The summed E-state index contributed by atoms with van der Waals surface area (Å²) < 4.78 is 0. The van der Waals surface area contributed by atoms with Gasteiger partial charge in [0.1, 0.15) is 0 Å². The van der Waals surface area contributed by atoms with Gasteiger partial charge in [-0.3, -0.25) is 9.59 Å². The average Bonchev–Trinajstić information content (AvgIpc) is 2.68. The number of carboxylic acids is 1. The first-order valence-corrected chi connectivity index (χ1v) is 8.67. The van der Waals surface area contributed by atoms with Gasteiger partial charge in [0.2, 0.25) is 0 Å². The number of ketones is 2. The minimum absolute atomic E-state index is 0.0620. The van der Waals surface area contributed by atoms with Crippen molar-refractivity contribution in [2.24, 2.45) is 0 Å². The van der Waals surface area contributed by atoms with Crippen LogP contribution in [0.5, 0.6) is 0 Å². The second-order valence-corrected chi connectivity index (χ2v) is 6.71. The number of nitrogens with two attached hydrogens (primary N) is 1. The van der Waals surface area contributed by atoms with Crippen molar-refractivity contribution < 1.29 is 19.5 Å². The van der Waals surface area contributed by atoms with Gasteiger partial charge in [-0.15, -0.1) is 0 Å². The van der Waals surface area contributed by atoms with Crippen molar-refractivity contribution in [3.63, 3.8) is 0 Å². The molecule has 0 fully saturated rings. The first-order valence-electron chi connectivity index (χ1n) is 8.29. The maximum Gasteiger partial charge on any atom is 0.337 e. The summed E-state index contributed by atoms with van der Waals surface area (Å²) in [6.45, 7) is 0. The number of anilines is 3. The molecule has 0 saturated carbocycles. The molecule has 0 unspecified atom stereocenters. The zero-order valence-corrected chi connectivity index (χ0v) is 15.1. The molecule has 0 radical (unpaired) electrons. The van der Waals surface area contributed by atoms with Gasteiger partial charge in [-0.05, 0) is 30.3 Å². The van der Waals surface area contributed by atoms with Gasteiger partial charge < -0.3 is 16.2 Å². The third-order valence-corrected chi connectivity index (χ3v) is 4.82. The quantitative estimate of drug-likeness (QED) is 0.452. The first-order chi connectivity index (χ1) is 13.4. The lowest BCUT2D eigenvalue weighted by Crippen LogP contribution is -2.23. The molecule has 3 aromatic carbocycles. The van der Waals surface area contributed by atoms with E-state index in [0.29, 0.717) is 11.3 Å². The summed E-state index contributed by atoms with van der Waals surface area (Å²) >= 11 is 5.89. The minimum Gasteiger partial charge on any atom is -0.478 e. The molecule has 6 nitrogen and oxygen atoms in total. The Morgan fingerprint density at radius 1 is 0.893 bits per heavy atom. The number of carbonyl (C=O) groups is 3. The van der Waals surface area contributed by atoms with Gasteiger partial charge in [0.25, 0.3) is 0 Å². The number of fused-ring (bicyclic) bond motifs is 2. The van der Waals surface area contributed by atoms with E-state index >= 15 is 0 Å². The van der Waals surface area contributed by atoms with Crippen LogP contribution >= 0.6 is 11.6 Å². The van der Waals surface area contributed by atoms with E-state index in [9.17, 15) is 19.5 Å². The highest BCUT2D eigenvalue weighted by Crippen LogP contribution is 2.37. The number of hydrogen-bond acceptors (Lipinski definition) is 5. The fourth-order valence-corrected chi connectivity index (χ4v) is 3.47. The molecule has 0 bridgehead atoms. The van der Waals surface area contributed by atoms with Crippen LogP contribution in [0.15, 0.2) is 54.6 Å². The smallest absolute Gasteiger partial charge is 0.337 e. The highest BCUT2D eigenvalue weighted by Gasteiger charge is 2.33. The Balaban J connectivity index is 1.90. The molecule has 0 heterocycles. The highest BCUT2D eigenvalue weighted by atomic mass is 35.5. The Morgan fingerprint density at radius 3 is 2.14 bits per heavy atom. The van der Waals surface area contributed by atoms with Crippen molar-refractivity contribution in [1.29, 1.82) is 0 Å². The van der Waals surface area contributed by atoms with E-state index in [1.165, 1.54) is 24.3 Å². The standard InChI is InChI=1S/C21H13ClN2O4/c22-10-5-7-15(13(9-10)21(27)28)24-16-8-6-14(23)17-18(16)20(26)12-4-2-1-3-11(12)19(17)25/h1-9,24H,23H2,(H,27,28). The van der Waals surface area contributed by atoms with E-state index in [1.54, 1.807) is 30.3 Å². The Kier molecular flexibility index (Phi) is 4.13. The van der Waals surface area contributed by atoms with E-state index in [2.05, 4.69) is 5.32 Å². The van der Waals surface area contributed by atoms with Crippen molar-refractivity contribution >= 4 is 46.2 Å². The molecular weight excluding hydrogens is 380 g/mol. The Hall–Kier alpha value is -3.64. The number of nitrogens with one attached hydrogen (secondary N) is 1. The molecule has 0 atom stereocenters. The molecule has 0 aromatic heterocycles. The van der Waals surface area contributed by atoms with Gasteiger partial charge >= 0.3 is 5.97 Å². The van der Waals surface area contributed by atoms with Crippen molar-refractivity contribution in [1.82, 2.24) is 0 Å². The summed E-state index contributed by atoms with van der Waals surface area (Å²) in [6, 6.07) is 13.9. The molecule has 0 spiro atoms. The molecule has 7 heteroatoms. The van der Waals surface area contributed by atoms with E-state index in [4.69, 9.17) is 17.3 Å².